The van der Waals surface area contributed by atoms with E-state index < -0.39 is 11.6 Å². The summed E-state index contributed by atoms with van der Waals surface area (Å²) in [5.41, 5.74) is -1.58. The second-order valence-electron chi connectivity index (χ2n) is 3.84. The summed E-state index contributed by atoms with van der Waals surface area (Å²) < 4.78 is 5.15. The Hall–Kier alpha value is -0.610. The lowest BCUT2D eigenvalue weighted by Crippen LogP contribution is -2.38. The maximum absolute atomic E-state index is 10.6. The zero-order valence-corrected chi connectivity index (χ0v) is 7.82. The molecule has 4 heteroatoms. The van der Waals surface area contributed by atoms with Crippen LogP contribution in [-0.2, 0) is 9.53 Å². The molecule has 76 valence electrons. The normalized spacial score (nSPS) is 23.8. The fourth-order valence-corrected chi connectivity index (χ4v) is 1.60. The first-order valence-electron chi connectivity index (χ1n) is 4.56. The fraction of sp³-hybridized carbons (Fsp3) is 0.889. The third kappa shape index (κ3) is 2.97. The van der Waals surface area contributed by atoms with E-state index in [0.717, 1.165) is 12.8 Å². The van der Waals surface area contributed by atoms with Crippen molar-refractivity contribution in [2.24, 2.45) is 5.92 Å². The first kappa shape index (κ1) is 10.5. The Morgan fingerprint density at radius 2 is 2.08 bits per heavy atom. The molecule has 13 heavy (non-hydrogen) atoms. The van der Waals surface area contributed by atoms with Crippen molar-refractivity contribution in [3.63, 3.8) is 0 Å². The molecule has 1 rings (SSSR count). The molecule has 1 unspecified atom stereocenters. The standard InChI is InChI=1S/C9H16O4/c1-9(12,8(10)11)6-7-2-4-13-5-3-7/h7,12H,2-6H2,1H3,(H,10,11). The van der Waals surface area contributed by atoms with Crippen LogP contribution in [0.25, 0.3) is 0 Å². The number of ether oxygens (including phenoxy) is 1. The van der Waals surface area contributed by atoms with Crippen LogP contribution in [0.5, 0.6) is 0 Å². The van der Waals surface area contributed by atoms with E-state index in [4.69, 9.17) is 9.84 Å². The summed E-state index contributed by atoms with van der Waals surface area (Å²) in [6, 6.07) is 0. The summed E-state index contributed by atoms with van der Waals surface area (Å²) in [5, 5.41) is 18.2. The number of rotatable bonds is 3. The smallest absolute Gasteiger partial charge is 0.335 e. The van der Waals surface area contributed by atoms with Gasteiger partial charge >= 0.3 is 5.97 Å². The van der Waals surface area contributed by atoms with Gasteiger partial charge in [0.15, 0.2) is 5.60 Å². The predicted molar refractivity (Wildman–Crippen MR) is 46.4 cm³/mol. The quantitative estimate of drug-likeness (QED) is 0.682. The molecule has 1 saturated heterocycles. The average molecular weight is 188 g/mol. The fourth-order valence-electron chi connectivity index (χ4n) is 1.60. The van der Waals surface area contributed by atoms with E-state index in [1.807, 2.05) is 0 Å². The van der Waals surface area contributed by atoms with Crippen LogP contribution in [0.1, 0.15) is 26.2 Å². The van der Waals surface area contributed by atoms with Crippen molar-refractivity contribution < 1.29 is 19.7 Å². The molecule has 0 aliphatic carbocycles. The molecule has 0 bridgehead atoms. The van der Waals surface area contributed by atoms with Gasteiger partial charge in [-0.3, -0.25) is 0 Å². The van der Waals surface area contributed by atoms with E-state index in [-0.39, 0.29) is 5.92 Å². The lowest BCUT2D eigenvalue weighted by atomic mass is 9.87. The van der Waals surface area contributed by atoms with Gasteiger partial charge in [0.25, 0.3) is 0 Å². The first-order chi connectivity index (χ1) is 6.02. The maximum atomic E-state index is 10.6. The zero-order valence-electron chi connectivity index (χ0n) is 7.82. The number of carboxylic acid groups (broad SMARTS) is 1. The van der Waals surface area contributed by atoms with Crippen molar-refractivity contribution in [2.45, 2.75) is 31.8 Å². The Bertz CT molecular complexity index is 182. The van der Waals surface area contributed by atoms with Crippen LogP contribution in [0.4, 0.5) is 0 Å². The summed E-state index contributed by atoms with van der Waals surface area (Å²) in [7, 11) is 0. The molecule has 1 heterocycles. The van der Waals surface area contributed by atoms with Crippen molar-refractivity contribution in [1.29, 1.82) is 0 Å². The number of hydrogen-bond donors (Lipinski definition) is 2. The van der Waals surface area contributed by atoms with Gasteiger partial charge in [-0.05, 0) is 32.1 Å². The molecule has 0 aromatic rings. The molecule has 1 aliphatic heterocycles. The van der Waals surface area contributed by atoms with Crippen molar-refractivity contribution >= 4 is 5.97 Å². The molecule has 4 nitrogen and oxygen atoms in total. The summed E-state index contributed by atoms with van der Waals surface area (Å²) in [5.74, 6) is -0.862. The van der Waals surface area contributed by atoms with E-state index in [0.29, 0.717) is 19.6 Å². The molecular weight excluding hydrogens is 172 g/mol. The van der Waals surface area contributed by atoms with Gasteiger partial charge in [-0.1, -0.05) is 0 Å². The summed E-state index contributed by atoms with van der Waals surface area (Å²) in [6.07, 6.45) is 2.03. The highest BCUT2D eigenvalue weighted by Gasteiger charge is 2.33. The third-order valence-corrected chi connectivity index (χ3v) is 2.49. The van der Waals surface area contributed by atoms with Crippen LogP contribution < -0.4 is 0 Å². The largest absolute Gasteiger partial charge is 0.479 e. The SMILES string of the molecule is CC(O)(CC1CCOCC1)C(=O)O. The molecule has 1 atom stereocenters. The average Bonchev–Trinajstić information content (AvgIpc) is 2.05. The van der Waals surface area contributed by atoms with Crippen molar-refractivity contribution in [3.8, 4) is 0 Å². The molecule has 0 saturated carbocycles. The van der Waals surface area contributed by atoms with E-state index in [1.165, 1.54) is 6.92 Å². The number of carbonyl (C=O) groups is 1. The van der Waals surface area contributed by atoms with E-state index >= 15 is 0 Å². The van der Waals surface area contributed by atoms with Crippen LogP contribution in [0, 0.1) is 5.92 Å². The number of hydrogen-bond acceptors (Lipinski definition) is 3. The second kappa shape index (κ2) is 4.07. The molecule has 1 fully saturated rings. The van der Waals surface area contributed by atoms with Crippen LogP contribution in [0.2, 0.25) is 0 Å². The molecular formula is C9H16O4. The highest BCUT2D eigenvalue weighted by Crippen LogP contribution is 2.25. The second-order valence-corrected chi connectivity index (χ2v) is 3.84. The highest BCUT2D eigenvalue weighted by molar-refractivity contribution is 5.76. The van der Waals surface area contributed by atoms with E-state index in [9.17, 15) is 9.90 Å². The van der Waals surface area contributed by atoms with Gasteiger partial charge in [0, 0.05) is 13.2 Å². The Morgan fingerprint density at radius 1 is 1.54 bits per heavy atom. The topological polar surface area (TPSA) is 66.8 Å². The Kier molecular flexibility index (Phi) is 3.27. The summed E-state index contributed by atoms with van der Waals surface area (Å²) >= 11 is 0. The number of aliphatic carboxylic acids is 1. The molecule has 0 spiro atoms. The van der Waals surface area contributed by atoms with Crippen LogP contribution in [0.3, 0.4) is 0 Å². The Labute approximate surface area is 77.5 Å². The van der Waals surface area contributed by atoms with Gasteiger partial charge in [0.2, 0.25) is 0 Å². The molecule has 0 amide bonds. The van der Waals surface area contributed by atoms with Gasteiger partial charge in [0.1, 0.15) is 0 Å². The Morgan fingerprint density at radius 3 is 2.54 bits per heavy atom. The minimum atomic E-state index is -1.58. The molecule has 2 N–H and O–H groups in total. The van der Waals surface area contributed by atoms with Crippen LogP contribution in [-0.4, -0.2) is 35.0 Å². The monoisotopic (exact) mass is 188 g/mol. The van der Waals surface area contributed by atoms with Gasteiger partial charge < -0.3 is 14.9 Å². The van der Waals surface area contributed by atoms with Gasteiger partial charge in [-0.25, -0.2) is 4.79 Å². The van der Waals surface area contributed by atoms with Gasteiger partial charge in [0.05, 0.1) is 0 Å². The van der Waals surface area contributed by atoms with Crippen molar-refractivity contribution in [2.75, 3.05) is 13.2 Å². The minimum absolute atomic E-state index is 0.278. The van der Waals surface area contributed by atoms with Crippen molar-refractivity contribution in [1.82, 2.24) is 0 Å². The molecule has 1 aliphatic rings. The predicted octanol–water partition coefficient (Wildman–Crippen LogP) is 0.639. The van der Waals surface area contributed by atoms with Crippen LogP contribution >= 0.6 is 0 Å². The van der Waals surface area contributed by atoms with Gasteiger partial charge in [-0.2, -0.15) is 0 Å². The molecule has 0 aromatic carbocycles. The summed E-state index contributed by atoms with van der Waals surface area (Å²) in [4.78, 5) is 10.6. The van der Waals surface area contributed by atoms with E-state index in [1.54, 1.807) is 0 Å². The first-order valence-corrected chi connectivity index (χ1v) is 4.56. The zero-order chi connectivity index (χ0) is 9.90. The van der Waals surface area contributed by atoms with Crippen LogP contribution in [0.15, 0.2) is 0 Å². The molecule has 0 aromatic heterocycles. The minimum Gasteiger partial charge on any atom is -0.479 e. The Balaban J connectivity index is 2.41. The number of aliphatic hydroxyl groups is 1. The third-order valence-electron chi connectivity index (χ3n) is 2.49. The summed E-state index contributed by atoms with van der Waals surface area (Å²) in [6.45, 7) is 2.71. The maximum Gasteiger partial charge on any atom is 0.335 e. The lowest BCUT2D eigenvalue weighted by Gasteiger charge is -2.27. The van der Waals surface area contributed by atoms with E-state index in [2.05, 4.69) is 0 Å². The number of carboxylic acids is 1. The van der Waals surface area contributed by atoms with Gasteiger partial charge in [-0.15, -0.1) is 0 Å². The lowest BCUT2D eigenvalue weighted by molar-refractivity contribution is -0.159. The molecule has 0 radical (unpaired) electrons. The van der Waals surface area contributed by atoms with Crippen molar-refractivity contribution in [3.05, 3.63) is 0 Å². The highest BCUT2D eigenvalue weighted by atomic mass is 16.5.